The Balaban J connectivity index is 1.61. The molecule has 0 saturated carbocycles. The normalized spacial score (nSPS) is 16.5. The number of aliphatic hydroxyl groups is 1. The number of rotatable bonds is 7. The van der Waals surface area contributed by atoms with Gasteiger partial charge in [-0.25, -0.2) is 0 Å². The van der Waals surface area contributed by atoms with Gasteiger partial charge in [-0.15, -0.1) is 0 Å². The Morgan fingerprint density at radius 3 is 2.36 bits per heavy atom. The summed E-state index contributed by atoms with van der Waals surface area (Å²) in [6, 6.07) is 22.1. The summed E-state index contributed by atoms with van der Waals surface area (Å²) in [5.74, 6) is 1.18. The number of halogens is 1. The highest BCUT2D eigenvalue weighted by molar-refractivity contribution is 6.30. The van der Waals surface area contributed by atoms with E-state index in [0.29, 0.717) is 27.6 Å². The fourth-order valence-corrected chi connectivity index (χ4v) is 5.22. The lowest BCUT2D eigenvalue weighted by atomic mass is 9.86. The van der Waals surface area contributed by atoms with Crippen LogP contribution < -0.4 is 14.4 Å². The second-order valence-corrected chi connectivity index (χ2v) is 10.6. The largest absolute Gasteiger partial charge is 0.493 e. The van der Waals surface area contributed by atoms with Crippen molar-refractivity contribution in [3.05, 3.63) is 118 Å². The molecule has 1 aliphatic heterocycles. The number of nitrogens with zero attached hydrogens (tertiary/aromatic N) is 2. The molecule has 0 aliphatic carbocycles. The Bertz CT molecular complexity index is 1470. The summed E-state index contributed by atoms with van der Waals surface area (Å²) in [5.41, 5.74) is 3.64. The summed E-state index contributed by atoms with van der Waals surface area (Å²) in [6.45, 7) is 5.67. The number of pyridine rings is 1. The van der Waals surface area contributed by atoms with Crippen LogP contribution in [-0.4, -0.2) is 29.2 Å². The van der Waals surface area contributed by atoms with Gasteiger partial charge in [0.1, 0.15) is 5.60 Å². The van der Waals surface area contributed by atoms with Gasteiger partial charge in [0.15, 0.2) is 11.5 Å². The van der Waals surface area contributed by atoms with Crippen LogP contribution in [0.5, 0.6) is 11.5 Å². The third kappa shape index (κ3) is 5.22. The fraction of sp³-hybridized carbons (Fsp3) is 0.250. The maximum absolute atomic E-state index is 13.7. The lowest BCUT2D eigenvalue weighted by molar-refractivity contribution is -0.118. The molecule has 1 amide bonds. The Kier molecular flexibility index (Phi) is 7.34. The van der Waals surface area contributed by atoms with Crippen molar-refractivity contribution in [1.29, 1.82) is 0 Å². The van der Waals surface area contributed by atoms with Gasteiger partial charge >= 0.3 is 0 Å². The van der Waals surface area contributed by atoms with Gasteiger partial charge in [-0.2, -0.15) is 0 Å². The number of amides is 1. The molecule has 39 heavy (non-hydrogen) atoms. The Labute approximate surface area is 233 Å². The standard InChI is InChI=1S/C32H31ClN2O4/c1-20(2)39-29-18-27-22(16-28(29)38-4)17-30(36)35(31(27)21-7-11-25(33)12-8-21)26-13-9-23(10-14-26)32(3,37)24-6-5-15-34-19-24/h5-16,18-20,31,37H,17H2,1-4H3/t31-,32?/m0/s1. The first kappa shape index (κ1) is 26.7. The summed E-state index contributed by atoms with van der Waals surface area (Å²) in [4.78, 5) is 19.7. The number of hydrogen-bond donors (Lipinski definition) is 1. The van der Waals surface area contributed by atoms with Crippen molar-refractivity contribution < 1.29 is 19.4 Å². The first-order valence-electron chi connectivity index (χ1n) is 12.9. The van der Waals surface area contributed by atoms with Gasteiger partial charge in [0.2, 0.25) is 5.91 Å². The molecule has 1 aliphatic rings. The van der Waals surface area contributed by atoms with Crippen LogP contribution in [0.3, 0.4) is 0 Å². The molecule has 0 bridgehead atoms. The fourth-order valence-electron chi connectivity index (χ4n) is 5.09. The van der Waals surface area contributed by atoms with Crippen LogP contribution in [0.1, 0.15) is 54.6 Å². The van der Waals surface area contributed by atoms with E-state index < -0.39 is 11.6 Å². The van der Waals surface area contributed by atoms with Crippen LogP contribution in [0.15, 0.2) is 85.2 Å². The molecule has 0 spiro atoms. The van der Waals surface area contributed by atoms with Gasteiger partial charge in [0, 0.05) is 28.7 Å². The van der Waals surface area contributed by atoms with E-state index in [1.165, 1.54) is 0 Å². The molecule has 0 radical (unpaired) electrons. The minimum atomic E-state index is -1.24. The highest BCUT2D eigenvalue weighted by Gasteiger charge is 2.36. The van der Waals surface area contributed by atoms with Crippen molar-refractivity contribution in [1.82, 2.24) is 4.98 Å². The minimum absolute atomic E-state index is 0.0474. The summed E-state index contributed by atoms with van der Waals surface area (Å²) < 4.78 is 11.7. The van der Waals surface area contributed by atoms with E-state index >= 15 is 0 Å². The zero-order valence-electron chi connectivity index (χ0n) is 22.4. The number of fused-ring (bicyclic) bond motifs is 1. The van der Waals surface area contributed by atoms with E-state index in [1.807, 2.05) is 80.6 Å². The Morgan fingerprint density at radius 2 is 1.74 bits per heavy atom. The number of hydrogen-bond acceptors (Lipinski definition) is 5. The summed E-state index contributed by atoms with van der Waals surface area (Å²) >= 11 is 6.22. The number of carbonyl (C=O) groups excluding carboxylic acids is 1. The first-order chi connectivity index (χ1) is 18.7. The average Bonchev–Trinajstić information content (AvgIpc) is 2.93. The molecule has 7 heteroatoms. The summed E-state index contributed by atoms with van der Waals surface area (Å²) in [5, 5.41) is 11.9. The van der Waals surface area contributed by atoms with E-state index in [0.717, 1.165) is 22.4 Å². The lowest BCUT2D eigenvalue weighted by Crippen LogP contribution is -2.41. The lowest BCUT2D eigenvalue weighted by Gasteiger charge is -2.38. The zero-order chi connectivity index (χ0) is 27.7. The van der Waals surface area contributed by atoms with Crippen molar-refractivity contribution in [2.24, 2.45) is 0 Å². The highest BCUT2D eigenvalue weighted by Crippen LogP contribution is 2.44. The highest BCUT2D eigenvalue weighted by atomic mass is 35.5. The molecule has 4 aromatic rings. The molecule has 0 fully saturated rings. The second-order valence-electron chi connectivity index (χ2n) is 10.1. The molecule has 2 atom stereocenters. The smallest absolute Gasteiger partial charge is 0.232 e. The van der Waals surface area contributed by atoms with E-state index in [9.17, 15) is 9.90 Å². The SMILES string of the molecule is COc1cc2c(cc1OC(C)C)[C@H](c1ccc(Cl)cc1)N(c1ccc(C(C)(O)c3cccnc3)cc1)C(=O)C2. The zero-order valence-corrected chi connectivity index (χ0v) is 23.1. The molecule has 200 valence electrons. The van der Waals surface area contributed by atoms with Gasteiger partial charge in [0.25, 0.3) is 0 Å². The maximum atomic E-state index is 13.7. The number of benzene rings is 3. The van der Waals surface area contributed by atoms with Crippen LogP contribution >= 0.6 is 11.6 Å². The average molecular weight is 543 g/mol. The molecular weight excluding hydrogens is 512 g/mol. The second kappa shape index (κ2) is 10.7. The van der Waals surface area contributed by atoms with E-state index in [1.54, 1.807) is 37.4 Å². The van der Waals surface area contributed by atoms with Crippen molar-refractivity contribution in [3.8, 4) is 11.5 Å². The molecule has 1 N–H and O–H groups in total. The molecule has 1 unspecified atom stereocenters. The van der Waals surface area contributed by atoms with Gasteiger partial charge in [-0.1, -0.05) is 41.9 Å². The van der Waals surface area contributed by atoms with Gasteiger partial charge in [0.05, 0.1) is 25.7 Å². The first-order valence-corrected chi connectivity index (χ1v) is 13.2. The van der Waals surface area contributed by atoms with Crippen LogP contribution in [-0.2, 0) is 16.8 Å². The van der Waals surface area contributed by atoms with Crippen LogP contribution in [0.4, 0.5) is 5.69 Å². The quantitative estimate of drug-likeness (QED) is 0.290. The van der Waals surface area contributed by atoms with Crippen LogP contribution in [0, 0.1) is 0 Å². The number of methoxy groups -OCH3 is 1. The van der Waals surface area contributed by atoms with E-state index in [2.05, 4.69) is 4.98 Å². The van der Waals surface area contributed by atoms with Crippen LogP contribution in [0.25, 0.3) is 0 Å². The third-order valence-corrected chi connectivity index (χ3v) is 7.32. The van der Waals surface area contributed by atoms with E-state index in [4.69, 9.17) is 21.1 Å². The van der Waals surface area contributed by atoms with Crippen molar-refractivity contribution in [2.45, 2.75) is 44.9 Å². The molecule has 3 aromatic carbocycles. The monoisotopic (exact) mass is 542 g/mol. The summed E-state index contributed by atoms with van der Waals surface area (Å²) in [6.07, 6.45) is 3.49. The van der Waals surface area contributed by atoms with Gasteiger partial charge < -0.3 is 19.5 Å². The van der Waals surface area contributed by atoms with Crippen LogP contribution in [0.2, 0.25) is 5.02 Å². The molecule has 5 rings (SSSR count). The third-order valence-electron chi connectivity index (χ3n) is 7.07. The minimum Gasteiger partial charge on any atom is -0.493 e. The Morgan fingerprint density at radius 1 is 1.03 bits per heavy atom. The Hall–Kier alpha value is -3.87. The topological polar surface area (TPSA) is 71.9 Å². The number of aromatic nitrogens is 1. The molecule has 0 saturated heterocycles. The van der Waals surface area contributed by atoms with E-state index in [-0.39, 0.29) is 18.4 Å². The maximum Gasteiger partial charge on any atom is 0.232 e. The number of carbonyl (C=O) groups is 1. The molecule has 2 heterocycles. The van der Waals surface area contributed by atoms with Crippen molar-refractivity contribution in [2.75, 3.05) is 12.0 Å². The molecular formula is C32H31ClN2O4. The number of ether oxygens (including phenoxy) is 2. The van der Waals surface area contributed by atoms with Crippen molar-refractivity contribution in [3.63, 3.8) is 0 Å². The van der Waals surface area contributed by atoms with Gasteiger partial charge in [-0.05, 0) is 85.5 Å². The molecule has 1 aromatic heterocycles. The summed E-state index contributed by atoms with van der Waals surface area (Å²) in [7, 11) is 1.60. The van der Waals surface area contributed by atoms with Crippen molar-refractivity contribution >= 4 is 23.2 Å². The predicted molar refractivity (Wildman–Crippen MR) is 153 cm³/mol. The molecule has 6 nitrogen and oxygen atoms in total. The number of anilines is 1. The van der Waals surface area contributed by atoms with Gasteiger partial charge in [-0.3, -0.25) is 9.78 Å². The predicted octanol–water partition coefficient (Wildman–Crippen LogP) is 6.47.